The molecule has 0 aromatic heterocycles. The fraction of sp³-hybridized carbons (Fsp3) is 0.533. The minimum atomic E-state index is -0.681. The number of carbonyl (C=O) groups is 1. The van der Waals surface area contributed by atoms with E-state index in [1.54, 1.807) is 12.1 Å². The highest BCUT2D eigenvalue weighted by Crippen LogP contribution is 2.34. The molecule has 0 spiro atoms. The molecule has 0 aliphatic carbocycles. The van der Waals surface area contributed by atoms with Gasteiger partial charge in [0.15, 0.2) is 17.3 Å². The third-order valence-electron chi connectivity index (χ3n) is 3.71. The number of fused-ring (bicyclic) bond motifs is 1. The van der Waals surface area contributed by atoms with Crippen molar-refractivity contribution in [3.63, 3.8) is 0 Å². The van der Waals surface area contributed by atoms with Crippen LogP contribution in [0.2, 0.25) is 0 Å². The van der Waals surface area contributed by atoms with E-state index in [-0.39, 0.29) is 5.78 Å². The average Bonchev–Trinajstić information content (AvgIpc) is 2.74. The summed E-state index contributed by atoms with van der Waals surface area (Å²) in [5.74, 6) is 1.40. The van der Waals surface area contributed by atoms with Gasteiger partial charge in [-0.05, 0) is 38.0 Å². The van der Waals surface area contributed by atoms with Crippen molar-refractivity contribution in [2.75, 3.05) is 19.8 Å². The molecule has 4 nitrogen and oxygen atoms in total. The fourth-order valence-electron chi connectivity index (χ4n) is 2.57. The lowest BCUT2D eigenvalue weighted by Crippen LogP contribution is -2.34. The van der Waals surface area contributed by atoms with E-state index in [2.05, 4.69) is 0 Å². The fourth-order valence-corrected chi connectivity index (χ4v) is 2.57. The Balaban J connectivity index is 1.89. The van der Waals surface area contributed by atoms with Crippen molar-refractivity contribution in [1.82, 2.24) is 0 Å². The Morgan fingerprint density at radius 1 is 1.11 bits per heavy atom. The third-order valence-corrected chi connectivity index (χ3v) is 3.71. The highest BCUT2D eigenvalue weighted by Gasteiger charge is 2.38. The minimum Gasteiger partial charge on any atom is -0.490 e. The Morgan fingerprint density at radius 2 is 1.89 bits per heavy atom. The lowest BCUT2D eigenvalue weighted by Gasteiger charge is -2.21. The molecule has 0 saturated carbocycles. The molecule has 0 N–H and O–H groups in total. The average molecular weight is 262 g/mol. The topological polar surface area (TPSA) is 44.8 Å². The predicted molar refractivity (Wildman–Crippen MR) is 70.0 cm³/mol. The molecule has 3 rings (SSSR count). The Morgan fingerprint density at radius 3 is 2.63 bits per heavy atom. The highest BCUT2D eigenvalue weighted by molar-refractivity contribution is 6.02. The number of ether oxygens (including phenoxy) is 3. The van der Waals surface area contributed by atoms with E-state index >= 15 is 0 Å². The van der Waals surface area contributed by atoms with Gasteiger partial charge in [0.1, 0.15) is 5.60 Å². The van der Waals surface area contributed by atoms with Gasteiger partial charge in [0.05, 0.1) is 13.2 Å². The normalized spacial score (nSPS) is 25.9. The molecule has 1 atom stereocenters. The van der Waals surface area contributed by atoms with Crippen molar-refractivity contribution in [2.24, 2.45) is 0 Å². The van der Waals surface area contributed by atoms with Gasteiger partial charge in [-0.2, -0.15) is 0 Å². The van der Waals surface area contributed by atoms with Crippen LogP contribution in [0.15, 0.2) is 18.2 Å². The summed E-state index contributed by atoms with van der Waals surface area (Å²) in [6, 6.07) is 5.38. The first kappa shape index (κ1) is 12.5. The predicted octanol–water partition coefficient (Wildman–Crippen LogP) is 2.60. The summed E-state index contributed by atoms with van der Waals surface area (Å²) >= 11 is 0. The number of Topliss-reactive ketones (excluding diaryl/α,β-unsaturated/α-hetero) is 1. The quantitative estimate of drug-likeness (QED) is 0.768. The van der Waals surface area contributed by atoms with Crippen molar-refractivity contribution in [2.45, 2.75) is 31.8 Å². The molecule has 1 unspecified atom stereocenters. The Bertz CT molecular complexity index is 489. The summed E-state index contributed by atoms with van der Waals surface area (Å²) in [5.41, 5.74) is -0.0477. The zero-order valence-corrected chi connectivity index (χ0v) is 11.1. The maximum atomic E-state index is 12.5. The van der Waals surface area contributed by atoms with E-state index in [4.69, 9.17) is 14.2 Å². The maximum absolute atomic E-state index is 12.5. The monoisotopic (exact) mass is 262 g/mol. The van der Waals surface area contributed by atoms with Crippen molar-refractivity contribution < 1.29 is 19.0 Å². The summed E-state index contributed by atoms with van der Waals surface area (Å²) in [6.07, 6.45) is 2.58. The molecule has 0 bridgehead atoms. The Labute approximate surface area is 112 Å². The zero-order chi connectivity index (χ0) is 13.3. The van der Waals surface area contributed by atoms with Gasteiger partial charge >= 0.3 is 0 Å². The molecule has 0 amide bonds. The standard InChI is InChI=1S/C15H18O4/c1-15(6-2-9-19-15)14(16)11-4-5-12-13(10-11)18-8-3-7-17-12/h4-5,10H,2-3,6-9H2,1H3. The van der Waals surface area contributed by atoms with Crippen LogP contribution in [-0.2, 0) is 4.74 Å². The molecule has 4 heteroatoms. The number of carbonyl (C=O) groups excluding carboxylic acids is 1. The Kier molecular flexibility index (Phi) is 3.19. The van der Waals surface area contributed by atoms with Gasteiger partial charge in [-0.25, -0.2) is 0 Å². The third kappa shape index (κ3) is 2.32. The van der Waals surface area contributed by atoms with Gasteiger partial charge in [0.25, 0.3) is 0 Å². The maximum Gasteiger partial charge on any atom is 0.194 e. The van der Waals surface area contributed by atoms with Crippen LogP contribution >= 0.6 is 0 Å². The molecule has 1 aromatic carbocycles. The number of hydrogen-bond donors (Lipinski definition) is 0. The molecule has 2 aliphatic rings. The van der Waals surface area contributed by atoms with E-state index in [1.807, 2.05) is 13.0 Å². The van der Waals surface area contributed by atoms with Crippen LogP contribution in [0.5, 0.6) is 11.5 Å². The summed E-state index contributed by atoms with van der Waals surface area (Å²) in [4.78, 5) is 12.5. The SMILES string of the molecule is CC1(C(=O)c2ccc3c(c2)OCCCO3)CCCO1. The van der Waals surface area contributed by atoms with Gasteiger partial charge in [-0.3, -0.25) is 4.79 Å². The van der Waals surface area contributed by atoms with Crippen LogP contribution in [0.25, 0.3) is 0 Å². The van der Waals surface area contributed by atoms with E-state index in [0.29, 0.717) is 36.9 Å². The van der Waals surface area contributed by atoms with Crippen LogP contribution in [0, 0.1) is 0 Å². The summed E-state index contributed by atoms with van der Waals surface area (Å²) in [7, 11) is 0. The van der Waals surface area contributed by atoms with E-state index in [0.717, 1.165) is 19.3 Å². The molecule has 1 fully saturated rings. The first-order valence-electron chi connectivity index (χ1n) is 6.77. The molecule has 1 saturated heterocycles. The van der Waals surface area contributed by atoms with Crippen LogP contribution in [-0.4, -0.2) is 31.2 Å². The van der Waals surface area contributed by atoms with Gasteiger partial charge in [-0.15, -0.1) is 0 Å². The second kappa shape index (κ2) is 4.85. The number of benzene rings is 1. The number of rotatable bonds is 2. The molecule has 2 heterocycles. The second-order valence-corrected chi connectivity index (χ2v) is 5.22. The smallest absolute Gasteiger partial charge is 0.194 e. The van der Waals surface area contributed by atoms with Gasteiger partial charge in [0.2, 0.25) is 0 Å². The van der Waals surface area contributed by atoms with Crippen LogP contribution in [0.1, 0.15) is 36.5 Å². The van der Waals surface area contributed by atoms with Crippen molar-refractivity contribution in [3.8, 4) is 11.5 Å². The minimum absolute atomic E-state index is 0.0284. The molecular weight excluding hydrogens is 244 g/mol. The molecular formula is C15H18O4. The molecule has 0 radical (unpaired) electrons. The second-order valence-electron chi connectivity index (χ2n) is 5.22. The summed E-state index contributed by atoms with van der Waals surface area (Å²) in [6.45, 7) is 3.80. The summed E-state index contributed by atoms with van der Waals surface area (Å²) in [5, 5.41) is 0. The van der Waals surface area contributed by atoms with E-state index in [1.165, 1.54) is 0 Å². The van der Waals surface area contributed by atoms with Crippen molar-refractivity contribution in [3.05, 3.63) is 23.8 Å². The van der Waals surface area contributed by atoms with Crippen LogP contribution < -0.4 is 9.47 Å². The van der Waals surface area contributed by atoms with E-state index < -0.39 is 5.60 Å². The molecule has 1 aromatic rings. The zero-order valence-electron chi connectivity index (χ0n) is 11.1. The Hall–Kier alpha value is -1.55. The lowest BCUT2D eigenvalue weighted by atomic mass is 9.92. The van der Waals surface area contributed by atoms with E-state index in [9.17, 15) is 4.79 Å². The largest absolute Gasteiger partial charge is 0.490 e. The number of ketones is 1. The van der Waals surface area contributed by atoms with Crippen LogP contribution in [0.3, 0.4) is 0 Å². The van der Waals surface area contributed by atoms with Gasteiger partial charge in [0, 0.05) is 18.6 Å². The first-order chi connectivity index (χ1) is 9.19. The molecule has 102 valence electrons. The van der Waals surface area contributed by atoms with Crippen LogP contribution in [0.4, 0.5) is 0 Å². The lowest BCUT2D eigenvalue weighted by molar-refractivity contribution is 0.0213. The summed E-state index contributed by atoms with van der Waals surface area (Å²) < 4.78 is 16.8. The van der Waals surface area contributed by atoms with Crippen molar-refractivity contribution in [1.29, 1.82) is 0 Å². The molecule has 19 heavy (non-hydrogen) atoms. The number of hydrogen-bond acceptors (Lipinski definition) is 4. The van der Waals surface area contributed by atoms with Crippen molar-refractivity contribution >= 4 is 5.78 Å². The van der Waals surface area contributed by atoms with Gasteiger partial charge < -0.3 is 14.2 Å². The van der Waals surface area contributed by atoms with Gasteiger partial charge in [-0.1, -0.05) is 0 Å². The first-order valence-corrected chi connectivity index (χ1v) is 6.77. The molecule has 2 aliphatic heterocycles. The highest BCUT2D eigenvalue weighted by atomic mass is 16.5.